The highest BCUT2D eigenvalue weighted by atomic mass is 35.5. The fraction of sp³-hybridized carbons (Fsp3) is 0. The van der Waals surface area contributed by atoms with Gasteiger partial charge in [-0.25, -0.2) is 0 Å². The monoisotopic (exact) mass is 372 g/mol. The minimum atomic E-state index is -0.501. The molecule has 0 atom stereocenters. The Kier molecular flexibility index (Phi) is 5.33. The van der Waals surface area contributed by atoms with Crippen LogP contribution in [0.15, 0.2) is 70.3 Å². The van der Waals surface area contributed by atoms with Crippen molar-refractivity contribution in [3.05, 3.63) is 81.5 Å². The number of halogens is 1. The molecule has 5 nitrogen and oxygen atoms in total. The van der Waals surface area contributed by atoms with Crippen LogP contribution in [0, 0.1) is 0 Å². The Balaban J connectivity index is 1.81. The Morgan fingerprint density at radius 1 is 1.08 bits per heavy atom. The predicted molar refractivity (Wildman–Crippen MR) is 98.6 cm³/mol. The SMILES string of the molecule is O=C(Nc1ccc(Cl)cc1)C(=Cc1cccs1)NC(=O)c1ccco1. The Bertz CT molecular complexity index is 885. The lowest BCUT2D eigenvalue weighted by Gasteiger charge is -2.10. The molecule has 0 fully saturated rings. The summed E-state index contributed by atoms with van der Waals surface area (Å²) >= 11 is 7.29. The van der Waals surface area contributed by atoms with Crippen molar-refractivity contribution in [1.82, 2.24) is 5.32 Å². The zero-order valence-electron chi connectivity index (χ0n) is 12.9. The molecule has 0 aliphatic heterocycles. The molecule has 0 bridgehead atoms. The van der Waals surface area contributed by atoms with E-state index in [4.69, 9.17) is 16.0 Å². The highest BCUT2D eigenvalue weighted by Crippen LogP contribution is 2.16. The predicted octanol–water partition coefficient (Wildman–Crippen LogP) is 4.40. The Hall–Kier alpha value is -2.83. The van der Waals surface area contributed by atoms with Gasteiger partial charge in [0, 0.05) is 15.6 Å². The van der Waals surface area contributed by atoms with E-state index >= 15 is 0 Å². The Labute approximate surface area is 152 Å². The minimum absolute atomic E-state index is 0.110. The molecule has 0 saturated heterocycles. The van der Waals surface area contributed by atoms with E-state index in [-0.39, 0.29) is 11.5 Å². The lowest BCUT2D eigenvalue weighted by Crippen LogP contribution is -2.30. The van der Waals surface area contributed by atoms with E-state index in [0.717, 1.165) is 4.88 Å². The topological polar surface area (TPSA) is 71.3 Å². The molecule has 1 aromatic carbocycles. The number of carbonyl (C=O) groups excluding carboxylic acids is 2. The first-order valence-corrected chi connectivity index (χ1v) is 8.54. The molecular weight excluding hydrogens is 360 g/mol. The van der Waals surface area contributed by atoms with Gasteiger partial charge in [0.1, 0.15) is 5.70 Å². The number of furan rings is 1. The fourth-order valence-electron chi connectivity index (χ4n) is 2.00. The standard InChI is InChI=1S/C18H13ClN2O3S/c19-12-5-7-13(8-6-12)20-17(22)15(11-14-3-2-10-25-14)21-18(23)16-4-1-9-24-16/h1-11H,(H,20,22)(H,21,23). The molecular formula is C18H13ClN2O3S. The van der Waals surface area contributed by atoms with Crippen LogP contribution < -0.4 is 10.6 Å². The van der Waals surface area contributed by atoms with Gasteiger partial charge in [0.15, 0.2) is 5.76 Å². The Morgan fingerprint density at radius 2 is 1.88 bits per heavy atom. The maximum atomic E-state index is 12.6. The zero-order chi connectivity index (χ0) is 17.6. The highest BCUT2D eigenvalue weighted by Gasteiger charge is 2.16. The van der Waals surface area contributed by atoms with Gasteiger partial charge in [-0.15, -0.1) is 11.3 Å². The number of carbonyl (C=O) groups is 2. The first-order valence-electron chi connectivity index (χ1n) is 7.29. The average Bonchev–Trinajstić information content (AvgIpc) is 3.29. The maximum Gasteiger partial charge on any atom is 0.291 e. The first-order chi connectivity index (χ1) is 12.1. The van der Waals surface area contributed by atoms with Crippen LogP contribution in [0.1, 0.15) is 15.4 Å². The summed E-state index contributed by atoms with van der Waals surface area (Å²) in [6.07, 6.45) is 3.00. The van der Waals surface area contributed by atoms with E-state index in [1.165, 1.54) is 23.7 Å². The number of anilines is 1. The summed E-state index contributed by atoms with van der Waals surface area (Å²) in [7, 11) is 0. The van der Waals surface area contributed by atoms with Crippen molar-refractivity contribution in [3.63, 3.8) is 0 Å². The fourth-order valence-corrected chi connectivity index (χ4v) is 2.78. The second-order valence-corrected chi connectivity index (χ2v) is 6.38. The van der Waals surface area contributed by atoms with E-state index in [1.54, 1.807) is 36.4 Å². The highest BCUT2D eigenvalue weighted by molar-refractivity contribution is 7.10. The molecule has 3 aromatic rings. The average molecular weight is 373 g/mol. The number of thiophene rings is 1. The van der Waals surface area contributed by atoms with Gasteiger partial charge in [0.2, 0.25) is 0 Å². The molecule has 2 heterocycles. The van der Waals surface area contributed by atoms with Gasteiger partial charge in [-0.3, -0.25) is 9.59 Å². The summed E-state index contributed by atoms with van der Waals surface area (Å²) in [5, 5.41) is 7.76. The molecule has 2 amide bonds. The largest absolute Gasteiger partial charge is 0.459 e. The van der Waals surface area contributed by atoms with Crippen molar-refractivity contribution in [2.24, 2.45) is 0 Å². The molecule has 25 heavy (non-hydrogen) atoms. The number of nitrogens with one attached hydrogen (secondary N) is 2. The van der Waals surface area contributed by atoms with Crippen LogP contribution in [-0.4, -0.2) is 11.8 Å². The molecule has 0 aliphatic carbocycles. The summed E-state index contributed by atoms with van der Waals surface area (Å²) in [5.74, 6) is -0.828. The van der Waals surface area contributed by atoms with E-state index in [0.29, 0.717) is 10.7 Å². The number of benzene rings is 1. The van der Waals surface area contributed by atoms with Crippen LogP contribution in [0.3, 0.4) is 0 Å². The molecule has 0 radical (unpaired) electrons. The molecule has 0 unspecified atom stereocenters. The van der Waals surface area contributed by atoms with Gasteiger partial charge in [-0.05, 0) is 53.9 Å². The molecule has 7 heteroatoms. The van der Waals surface area contributed by atoms with Crippen LogP contribution in [0.2, 0.25) is 5.02 Å². The third-order valence-electron chi connectivity index (χ3n) is 3.17. The second-order valence-electron chi connectivity index (χ2n) is 4.97. The zero-order valence-corrected chi connectivity index (χ0v) is 14.4. The first kappa shape index (κ1) is 17.0. The molecule has 0 spiro atoms. The van der Waals surface area contributed by atoms with Crippen molar-refractivity contribution in [2.45, 2.75) is 0 Å². The number of amides is 2. The van der Waals surface area contributed by atoms with Gasteiger partial charge >= 0.3 is 0 Å². The molecule has 126 valence electrons. The Morgan fingerprint density at radius 3 is 2.52 bits per heavy atom. The van der Waals surface area contributed by atoms with Crippen molar-refractivity contribution >= 4 is 46.5 Å². The van der Waals surface area contributed by atoms with Crippen LogP contribution in [0.4, 0.5) is 5.69 Å². The smallest absolute Gasteiger partial charge is 0.291 e. The molecule has 2 aromatic heterocycles. The van der Waals surface area contributed by atoms with E-state index in [9.17, 15) is 9.59 Å². The summed E-state index contributed by atoms with van der Waals surface area (Å²) in [5.41, 5.74) is 0.678. The van der Waals surface area contributed by atoms with Crippen LogP contribution in [-0.2, 0) is 4.79 Å². The van der Waals surface area contributed by atoms with E-state index < -0.39 is 11.8 Å². The molecule has 2 N–H and O–H groups in total. The summed E-state index contributed by atoms with van der Waals surface area (Å²) in [4.78, 5) is 25.6. The van der Waals surface area contributed by atoms with Crippen molar-refractivity contribution in [2.75, 3.05) is 5.32 Å². The maximum absolute atomic E-state index is 12.6. The lowest BCUT2D eigenvalue weighted by molar-refractivity contribution is -0.113. The number of hydrogen-bond donors (Lipinski definition) is 2. The summed E-state index contributed by atoms with van der Waals surface area (Å²) < 4.78 is 5.06. The molecule has 0 saturated carbocycles. The van der Waals surface area contributed by atoms with Gasteiger partial charge in [-0.1, -0.05) is 17.7 Å². The van der Waals surface area contributed by atoms with Gasteiger partial charge in [0.05, 0.1) is 6.26 Å². The molecule has 3 rings (SSSR count). The normalized spacial score (nSPS) is 11.2. The second kappa shape index (κ2) is 7.83. The quantitative estimate of drug-likeness (QED) is 0.652. The van der Waals surface area contributed by atoms with Gasteiger partial charge < -0.3 is 15.1 Å². The minimum Gasteiger partial charge on any atom is -0.459 e. The van der Waals surface area contributed by atoms with Crippen LogP contribution in [0.25, 0.3) is 6.08 Å². The van der Waals surface area contributed by atoms with E-state index in [1.807, 2.05) is 17.5 Å². The van der Waals surface area contributed by atoms with Crippen molar-refractivity contribution in [1.29, 1.82) is 0 Å². The van der Waals surface area contributed by atoms with Crippen LogP contribution >= 0.6 is 22.9 Å². The third kappa shape index (κ3) is 4.59. The van der Waals surface area contributed by atoms with Crippen LogP contribution in [0.5, 0.6) is 0 Å². The van der Waals surface area contributed by atoms with E-state index in [2.05, 4.69) is 10.6 Å². The lowest BCUT2D eigenvalue weighted by atomic mass is 10.2. The number of hydrogen-bond acceptors (Lipinski definition) is 4. The molecule has 0 aliphatic rings. The van der Waals surface area contributed by atoms with Crippen molar-refractivity contribution < 1.29 is 14.0 Å². The number of rotatable bonds is 5. The summed E-state index contributed by atoms with van der Waals surface area (Å²) in [6, 6.07) is 13.5. The van der Waals surface area contributed by atoms with Gasteiger partial charge in [0.25, 0.3) is 11.8 Å². The summed E-state index contributed by atoms with van der Waals surface area (Å²) in [6.45, 7) is 0. The van der Waals surface area contributed by atoms with Gasteiger partial charge in [-0.2, -0.15) is 0 Å². The third-order valence-corrected chi connectivity index (χ3v) is 4.24. The van der Waals surface area contributed by atoms with Crippen molar-refractivity contribution in [3.8, 4) is 0 Å².